The molecule has 3 fully saturated rings. The second kappa shape index (κ2) is 7.17. The van der Waals surface area contributed by atoms with Crippen LogP contribution in [0.1, 0.15) is 60.8 Å². The number of aryl methyl sites for hydroxylation is 1. The van der Waals surface area contributed by atoms with E-state index in [-0.39, 0.29) is 24.0 Å². The first kappa shape index (κ1) is 18.2. The van der Waals surface area contributed by atoms with E-state index in [0.29, 0.717) is 23.4 Å². The smallest absolute Gasteiger partial charge is 0.274 e. The summed E-state index contributed by atoms with van der Waals surface area (Å²) in [6.45, 7) is 3.92. The number of ether oxygens (including phenoxy) is 1. The van der Waals surface area contributed by atoms with Gasteiger partial charge in [0.1, 0.15) is 0 Å². The summed E-state index contributed by atoms with van der Waals surface area (Å²) in [6.07, 6.45) is 7.46. The normalized spacial score (nSPS) is 31.5. The number of hydrogen-bond donors (Lipinski definition) is 2. The van der Waals surface area contributed by atoms with Gasteiger partial charge in [0.05, 0.1) is 12.1 Å². The van der Waals surface area contributed by atoms with E-state index in [1.54, 1.807) is 6.92 Å². The summed E-state index contributed by atoms with van der Waals surface area (Å²) in [5.41, 5.74) is 2.90. The van der Waals surface area contributed by atoms with Gasteiger partial charge < -0.3 is 15.0 Å². The van der Waals surface area contributed by atoms with E-state index in [0.717, 1.165) is 63.1 Å². The molecule has 2 N–H and O–H groups in total. The Morgan fingerprint density at radius 1 is 1.21 bits per heavy atom. The van der Waals surface area contributed by atoms with Gasteiger partial charge in [0, 0.05) is 37.9 Å². The van der Waals surface area contributed by atoms with E-state index in [2.05, 4.69) is 15.5 Å². The van der Waals surface area contributed by atoms with Gasteiger partial charge in [-0.3, -0.25) is 14.7 Å². The Kier molecular flexibility index (Phi) is 4.65. The Morgan fingerprint density at radius 3 is 2.75 bits per heavy atom. The van der Waals surface area contributed by atoms with Crippen LogP contribution in [-0.4, -0.2) is 58.8 Å². The first-order valence-electron chi connectivity index (χ1n) is 10.8. The van der Waals surface area contributed by atoms with Gasteiger partial charge in [0.2, 0.25) is 5.91 Å². The van der Waals surface area contributed by atoms with E-state index in [9.17, 15) is 9.59 Å². The zero-order valence-electron chi connectivity index (χ0n) is 16.6. The molecule has 0 bridgehead atoms. The van der Waals surface area contributed by atoms with Crippen LogP contribution in [0.4, 0.5) is 0 Å². The Balaban J connectivity index is 1.27. The van der Waals surface area contributed by atoms with Crippen LogP contribution >= 0.6 is 0 Å². The van der Waals surface area contributed by atoms with Crippen molar-refractivity contribution in [2.45, 2.75) is 64.0 Å². The molecule has 0 unspecified atom stereocenters. The molecule has 2 amide bonds. The highest BCUT2D eigenvalue weighted by Gasteiger charge is 2.45. The van der Waals surface area contributed by atoms with Crippen molar-refractivity contribution in [2.75, 3.05) is 19.7 Å². The van der Waals surface area contributed by atoms with Crippen LogP contribution in [0.25, 0.3) is 0 Å². The van der Waals surface area contributed by atoms with Crippen molar-refractivity contribution in [3.05, 3.63) is 17.0 Å². The zero-order valence-corrected chi connectivity index (χ0v) is 16.6. The molecule has 28 heavy (non-hydrogen) atoms. The van der Waals surface area contributed by atoms with E-state index in [1.165, 1.54) is 12.8 Å². The van der Waals surface area contributed by atoms with E-state index >= 15 is 0 Å². The Morgan fingerprint density at radius 2 is 2.00 bits per heavy atom. The lowest BCUT2D eigenvalue weighted by Gasteiger charge is -2.38. The molecule has 4 aliphatic rings. The fourth-order valence-electron chi connectivity index (χ4n) is 5.37. The maximum Gasteiger partial charge on any atom is 0.274 e. The molecule has 1 aliphatic heterocycles. The fourth-order valence-corrected chi connectivity index (χ4v) is 5.37. The monoisotopic (exact) mass is 386 g/mol. The van der Waals surface area contributed by atoms with Gasteiger partial charge in [-0.1, -0.05) is 0 Å². The maximum absolute atomic E-state index is 13.1. The molecule has 0 aromatic carbocycles. The van der Waals surface area contributed by atoms with Crippen LogP contribution in [0.2, 0.25) is 0 Å². The molecule has 5 rings (SSSR count). The molecule has 4 atom stereocenters. The molecule has 1 aromatic heterocycles. The second-order valence-corrected chi connectivity index (χ2v) is 9.21. The van der Waals surface area contributed by atoms with Crippen LogP contribution in [0.15, 0.2) is 0 Å². The minimum absolute atomic E-state index is 0.00138. The number of H-pyrrole nitrogens is 1. The number of nitrogens with zero attached hydrogens (tertiary/aromatic N) is 2. The molecule has 1 aromatic rings. The highest BCUT2D eigenvalue weighted by Crippen LogP contribution is 2.39. The van der Waals surface area contributed by atoms with E-state index < -0.39 is 0 Å². The summed E-state index contributed by atoms with van der Waals surface area (Å²) in [7, 11) is 0. The minimum atomic E-state index is 0.00138. The number of aromatic amines is 1. The number of likely N-dealkylation sites (tertiary alicyclic amines) is 1. The number of aromatic nitrogens is 2. The summed E-state index contributed by atoms with van der Waals surface area (Å²) in [5, 5.41) is 10.5. The van der Waals surface area contributed by atoms with Crippen molar-refractivity contribution in [1.82, 2.24) is 20.4 Å². The molecule has 2 saturated carbocycles. The standard InChI is InChI=1S/C21H30N4O3/c1-12(26)22-18-7-14-9-25(10-15(14)8-19(18)28-11-13-5-6-13)21(27)20-16-3-2-4-17(16)23-24-20/h13-15,18-19H,2-11H2,1H3,(H,22,26)(H,23,24)/t14-,15+,18-,19-/m1/s1. The van der Waals surface area contributed by atoms with Crippen molar-refractivity contribution >= 4 is 11.8 Å². The van der Waals surface area contributed by atoms with Crippen LogP contribution in [-0.2, 0) is 22.4 Å². The van der Waals surface area contributed by atoms with Crippen molar-refractivity contribution in [1.29, 1.82) is 0 Å². The van der Waals surface area contributed by atoms with Gasteiger partial charge in [0.25, 0.3) is 5.91 Å². The van der Waals surface area contributed by atoms with Crippen molar-refractivity contribution in [3.8, 4) is 0 Å². The molecule has 152 valence electrons. The van der Waals surface area contributed by atoms with Gasteiger partial charge in [0.15, 0.2) is 5.69 Å². The lowest BCUT2D eigenvalue weighted by molar-refractivity contribution is -0.122. The molecular formula is C21H30N4O3. The Hall–Kier alpha value is -1.89. The van der Waals surface area contributed by atoms with Gasteiger partial charge >= 0.3 is 0 Å². The quantitative estimate of drug-likeness (QED) is 0.806. The summed E-state index contributed by atoms with van der Waals surface area (Å²) in [6, 6.07) is 0.0576. The fraction of sp³-hybridized carbons (Fsp3) is 0.762. The lowest BCUT2D eigenvalue weighted by atomic mass is 9.77. The highest BCUT2D eigenvalue weighted by molar-refractivity contribution is 5.94. The van der Waals surface area contributed by atoms with Crippen molar-refractivity contribution in [3.63, 3.8) is 0 Å². The highest BCUT2D eigenvalue weighted by atomic mass is 16.5. The summed E-state index contributed by atoms with van der Waals surface area (Å²) >= 11 is 0. The summed E-state index contributed by atoms with van der Waals surface area (Å²) < 4.78 is 6.22. The predicted octanol–water partition coefficient (Wildman–Crippen LogP) is 1.68. The van der Waals surface area contributed by atoms with Crippen LogP contribution in [0, 0.1) is 17.8 Å². The predicted molar refractivity (Wildman–Crippen MR) is 103 cm³/mol. The van der Waals surface area contributed by atoms with Gasteiger partial charge in [-0.05, 0) is 62.7 Å². The molecular weight excluding hydrogens is 356 g/mol. The number of nitrogens with one attached hydrogen (secondary N) is 2. The Labute approximate surface area is 165 Å². The lowest BCUT2D eigenvalue weighted by Crippen LogP contribution is -2.50. The maximum atomic E-state index is 13.1. The van der Waals surface area contributed by atoms with Gasteiger partial charge in [-0.15, -0.1) is 0 Å². The molecule has 7 nitrogen and oxygen atoms in total. The third-order valence-electron chi connectivity index (χ3n) is 7.04. The number of amides is 2. The SMILES string of the molecule is CC(=O)N[C@@H]1C[C@@H]2CN(C(=O)c3n[nH]c4c3CCC4)C[C@@H]2C[C@H]1OCC1CC1. The zero-order chi connectivity index (χ0) is 19.3. The topological polar surface area (TPSA) is 87.3 Å². The average Bonchev–Trinajstić information content (AvgIpc) is 3.03. The summed E-state index contributed by atoms with van der Waals surface area (Å²) in [4.78, 5) is 26.8. The number of hydrogen-bond acceptors (Lipinski definition) is 4. The molecule has 0 radical (unpaired) electrons. The third kappa shape index (κ3) is 3.45. The number of carbonyl (C=O) groups is 2. The first-order chi connectivity index (χ1) is 13.6. The van der Waals surface area contributed by atoms with E-state index in [4.69, 9.17) is 4.74 Å². The Bertz CT molecular complexity index is 772. The molecule has 7 heteroatoms. The third-order valence-corrected chi connectivity index (χ3v) is 7.04. The van der Waals surface area contributed by atoms with Crippen molar-refractivity contribution in [2.24, 2.45) is 17.8 Å². The minimum Gasteiger partial charge on any atom is -0.376 e. The summed E-state index contributed by atoms with van der Waals surface area (Å²) in [5.74, 6) is 1.65. The van der Waals surface area contributed by atoms with E-state index in [1.807, 2.05) is 4.90 Å². The van der Waals surface area contributed by atoms with Crippen LogP contribution < -0.4 is 5.32 Å². The number of carbonyl (C=O) groups excluding carboxylic acids is 2. The number of fused-ring (bicyclic) bond motifs is 2. The van der Waals surface area contributed by atoms with Crippen molar-refractivity contribution < 1.29 is 14.3 Å². The van der Waals surface area contributed by atoms with Gasteiger partial charge in [-0.2, -0.15) is 5.10 Å². The largest absolute Gasteiger partial charge is 0.376 e. The molecule has 1 saturated heterocycles. The number of rotatable bonds is 5. The molecule has 0 spiro atoms. The molecule has 3 aliphatic carbocycles. The first-order valence-corrected chi connectivity index (χ1v) is 10.8. The van der Waals surface area contributed by atoms with Gasteiger partial charge in [-0.25, -0.2) is 0 Å². The van der Waals surface area contributed by atoms with Crippen LogP contribution in [0.3, 0.4) is 0 Å². The second-order valence-electron chi connectivity index (χ2n) is 9.21. The average molecular weight is 386 g/mol. The van der Waals surface area contributed by atoms with Crippen LogP contribution in [0.5, 0.6) is 0 Å². The molecule has 2 heterocycles.